The smallest absolute Gasteiger partial charge is 0.195 e. The Morgan fingerprint density at radius 2 is 1.62 bits per heavy atom. The van der Waals surface area contributed by atoms with Crippen LogP contribution in [0.5, 0.6) is 0 Å². The monoisotopic (exact) mass is 830 g/mol. The lowest BCUT2D eigenvalue weighted by Crippen LogP contribution is -2.34. The summed E-state index contributed by atoms with van der Waals surface area (Å²) in [5.74, 6) is 0.779. The van der Waals surface area contributed by atoms with Gasteiger partial charge in [-0.1, -0.05) is 177 Å². The molecule has 1 nitrogen and oxygen atoms in total. The standard InChI is InChI=1S/C61H72BN/c1-11-14-16-23-42(4)47(12-2)34-32-45(7)63(46(8)33-35-48(13-3)43(5)24-21-25-44(6)49-26-17-15-18-27-49)51-38-36-50(37-39-51)52-29-22-30-53-54-40-41-57-58(60(54)62-59(52)53)55-28-19-20-31-56(55)61(57,9)10/h11-12,15,17,19-26,28-33,35-36,40-41,44,47,51,62H,1-2,13-14,16,18,27,34,37-39H2,3-10H3/b25-21-,42-23+,43-24+,45-32+,46-33+,48-35+/t44-,47-,51?/m1/s1. The largest absolute Gasteiger partial charge is 0.346 e. The van der Waals surface area contributed by atoms with Crippen molar-refractivity contribution < 1.29 is 0 Å². The molecular formula is C61H72BN. The number of unbranched alkanes of at least 4 members (excludes halogenated alkanes) is 1. The summed E-state index contributed by atoms with van der Waals surface area (Å²) >= 11 is 0. The molecule has 0 fully saturated rings. The zero-order valence-corrected chi connectivity index (χ0v) is 39.9. The third-order valence-electron chi connectivity index (χ3n) is 14.7. The number of hydrogen-bond donors (Lipinski definition) is 0. The highest BCUT2D eigenvalue weighted by Crippen LogP contribution is 2.49. The Morgan fingerprint density at radius 1 is 0.841 bits per heavy atom. The highest BCUT2D eigenvalue weighted by atomic mass is 15.2. The van der Waals surface area contributed by atoms with Crippen LogP contribution < -0.4 is 10.9 Å². The second-order valence-electron chi connectivity index (χ2n) is 19.0. The van der Waals surface area contributed by atoms with Crippen LogP contribution in [0.25, 0.3) is 27.8 Å². The lowest BCUT2D eigenvalue weighted by atomic mass is 9.62. The molecule has 63 heavy (non-hydrogen) atoms. The van der Waals surface area contributed by atoms with Crippen LogP contribution in [0.4, 0.5) is 0 Å². The molecular weight excluding hydrogens is 757 g/mol. The van der Waals surface area contributed by atoms with Gasteiger partial charge in [-0.15, -0.1) is 13.2 Å². The molecule has 1 heterocycles. The van der Waals surface area contributed by atoms with Gasteiger partial charge in [-0.3, -0.25) is 0 Å². The van der Waals surface area contributed by atoms with Gasteiger partial charge < -0.3 is 4.90 Å². The summed E-state index contributed by atoms with van der Waals surface area (Å²) < 4.78 is 0. The van der Waals surface area contributed by atoms with Crippen molar-refractivity contribution in [2.24, 2.45) is 11.8 Å². The molecule has 0 saturated carbocycles. The van der Waals surface area contributed by atoms with Crippen LogP contribution >= 0.6 is 0 Å². The molecule has 3 aliphatic carbocycles. The van der Waals surface area contributed by atoms with Crippen molar-refractivity contribution in [3.05, 3.63) is 197 Å². The van der Waals surface area contributed by atoms with Gasteiger partial charge in [-0.05, 0) is 153 Å². The van der Waals surface area contributed by atoms with E-state index in [0.717, 1.165) is 65.1 Å². The lowest BCUT2D eigenvalue weighted by molar-refractivity contribution is 0.294. The average Bonchev–Trinajstić information content (AvgIpc) is 3.79. The Hall–Kier alpha value is -5.34. The van der Waals surface area contributed by atoms with E-state index in [9.17, 15) is 0 Å². The number of nitrogens with zero attached hydrogens (tertiary/aromatic N) is 1. The zero-order chi connectivity index (χ0) is 44.7. The third kappa shape index (κ3) is 9.77. The molecule has 7 rings (SSSR count). The van der Waals surface area contributed by atoms with Gasteiger partial charge in [0.2, 0.25) is 0 Å². The maximum atomic E-state index is 4.25. The molecule has 1 unspecified atom stereocenters. The molecule has 3 aromatic rings. The lowest BCUT2D eigenvalue weighted by Gasteiger charge is -2.37. The first-order chi connectivity index (χ1) is 30.5. The highest BCUT2D eigenvalue weighted by molar-refractivity contribution is 6.75. The van der Waals surface area contributed by atoms with Crippen molar-refractivity contribution in [2.75, 3.05) is 0 Å². The van der Waals surface area contributed by atoms with Gasteiger partial charge >= 0.3 is 0 Å². The molecule has 3 aromatic carbocycles. The predicted molar refractivity (Wildman–Crippen MR) is 279 cm³/mol. The van der Waals surface area contributed by atoms with Crippen LogP contribution in [0.2, 0.25) is 0 Å². The fourth-order valence-electron chi connectivity index (χ4n) is 10.8. The molecule has 0 radical (unpaired) electrons. The van der Waals surface area contributed by atoms with Crippen LogP contribution in [0.3, 0.4) is 0 Å². The van der Waals surface area contributed by atoms with Gasteiger partial charge in [0.05, 0.1) is 0 Å². The Bertz CT molecular complexity index is 2500. The van der Waals surface area contributed by atoms with E-state index in [4.69, 9.17) is 0 Å². The second kappa shape index (κ2) is 20.4. The molecule has 0 spiro atoms. The van der Waals surface area contributed by atoms with Crippen LogP contribution in [-0.4, -0.2) is 18.2 Å². The second-order valence-corrected chi connectivity index (χ2v) is 19.0. The van der Waals surface area contributed by atoms with E-state index in [1.165, 1.54) is 89.1 Å². The minimum Gasteiger partial charge on any atom is -0.346 e. The average molecular weight is 830 g/mol. The SMILES string of the molecule is C=CCC/C=C(\C)[C@H](C=C)C/C=C(\C)N(/C(C)=C/C=C(CC)/C(C)=C/C=C\[C@@H](C)C1=CC=CCC1)C1CC=C(c2cccc3c2Bc2c-3ccc3c2-c2ccccc2C3(C)C)CC1. The van der Waals surface area contributed by atoms with Gasteiger partial charge in [-0.25, -0.2) is 0 Å². The maximum Gasteiger partial charge on any atom is 0.195 e. The van der Waals surface area contributed by atoms with Crippen molar-refractivity contribution in [1.29, 1.82) is 0 Å². The fourth-order valence-corrected chi connectivity index (χ4v) is 10.8. The van der Waals surface area contributed by atoms with Gasteiger partial charge in [0.25, 0.3) is 0 Å². The number of benzene rings is 3. The number of allylic oxidation sites excluding steroid dienone is 19. The Kier molecular flexibility index (Phi) is 14.8. The molecule has 2 heteroatoms. The highest BCUT2D eigenvalue weighted by Gasteiger charge is 2.39. The summed E-state index contributed by atoms with van der Waals surface area (Å²) in [6, 6.07) is 21.4. The summed E-state index contributed by atoms with van der Waals surface area (Å²) in [6.45, 7) is 26.7. The first kappa shape index (κ1) is 45.7. The fraction of sp³-hybridized carbons (Fsp3) is 0.344. The van der Waals surface area contributed by atoms with E-state index in [1.807, 2.05) is 6.08 Å². The minimum absolute atomic E-state index is 0.0160. The molecule has 0 bridgehead atoms. The molecule has 0 amide bonds. The van der Waals surface area contributed by atoms with Crippen molar-refractivity contribution in [3.63, 3.8) is 0 Å². The van der Waals surface area contributed by atoms with Crippen molar-refractivity contribution >= 4 is 23.8 Å². The number of hydrogen-bond acceptors (Lipinski definition) is 1. The molecule has 4 aliphatic rings. The van der Waals surface area contributed by atoms with E-state index in [0.29, 0.717) is 17.9 Å². The summed E-state index contributed by atoms with van der Waals surface area (Å²) in [7, 11) is 1.00. The maximum absolute atomic E-state index is 4.25. The van der Waals surface area contributed by atoms with Crippen LogP contribution in [-0.2, 0) is 5.41 Å². The summed E-state index contributed by atoms with van der Waals surface area (Å²) in [6.07, 6.45) is 39.5. The van der Waals surface area contributed by atoms with E-state index in [1.54, 1.807) is 0 Å². The predicted octanol–water partition coefficient (Wildman–Crippen LogP) is 15.3. The van der Waals surface area contributed by atoms with E-state index in [2.05, 4.69) is 201 Å². The van der Waals surface area contributed by atoms with Gasteiger partial charge in [-0.2, -0.15) is 0 Å². The molecule has 0 N–H and O–H groups in total. The van der Waals surface area contributed by atoms with Gasteiger partial charge in [0.1, 0.15) is 0 Å². The summed E-state index contributed by atoms with van der Waals surface area (Å²) in [5.41, 5.74) is 22.9. The minimum atomic E-state index is 0.0160. The Balaban J connectivity index is 1.16. The van der Waals surface area contributed by atoms with E-state index < -0.39 is 0 Å². The summed E-state index contributed by atoms with van der Waals surface area (Å²) in [4.78, 5) is 2.65. The van der Waals surface area contributed by atoms with Crippen molar-refractivity contribution in [2.45, 2.75) is 125 Å². The van der Waals surface area contributed by atoms with Gasteiger partial charge in [0.15, 0.2) is 7.28 Å². The quantitative estimate of drug-likeness (QED) is 0.0443. The molecule has 3 atom stereocenters. The topological polar surface area (TPSA) is 3.24 Å². The van der Waals surface area contributed by atoms with Crippen LogP contribution in [0.1, 0.15) is 130 Å². The Morgan fingerprint density at radius 3 is 2.35 bits per heavy atom. The first-order valence-electron chi connectivity index (χ1n) is 24.0. The normalized spacial score (nSPS) is 19.4. The van der Waals surface area contributed by atoms with Crippen molar-refractivity contribution in [1.82, 2.24) is 4.90 Å². The van der Waals surface area contributed by atoms with Crippen molar-refractivity contribution in [3.8, 4) is 22.3 Å². The molecule has 324 valence electrons. The zero-order valence-electron chi connectivity index (χ0n) is 39.9. The van der Waals surface area contributed by atoms with Crippen LogP contribution in [0.15, 0.2) is 180 Å². The summed E-state index contributed by atoms with van der Waals surface area (Å²) in [5, 5.41) is 0. The van der Waals surface area contributed by atoms with E-state index >= 15 is 0 Å². The molecule has 1 aliphatic heterocycles. The Labute approximate surface area is 382 Å². The van der Waals surface area contributed by atoms with E-state index in [-0.39, 0.29) is 5.41 Å². The molecule has 0 saturated heterocycles. The molecule has 0 aromatic heterocycles. The third-order valence-corrected chi connectivity index (χ3v) is 14.7. The number of rotatable bonds is 17. The van der Waals surface area contributed by atoms with Gasteiger partial charge in [0, 0.05) is 28.8 Å². The number of fused-ring (bicyclic) bond motifs is 7. The van der Waals surface area contributed by atoms with Crippen LogP contribution in [0, 0.1) is 11.8 Å². The first-order valence-corrected chi connectivity index (χ1v) is 24.0.